The predicted molar refractivity (Wildman–Crippen MR) is 95.1 cm³/mol. The van der Waals surface area contributed by atoms with E-state index in [2.05, 4.69) is 25.3 Å². The Kier molecular flexibility index (Phi) is 6.27. The van der Waals surface area contributed by atoms with Crippen LogP contribution in [0.5, 0.6) is 0 Å². The van der Waals surface area contributed by atoms with Gasteiger partial charge in [-0.3, -0.25) is 14.7 Å². The summed E-state index contributed by atoms with van der Waals surface area (Å²) in [6.07, 6.45) is 5.08. The Morgan fingerprint density at radius 3 is 2.56 bits per heavy atom. The van der Waals surface area contributed by atoms with E-state index in [-0.39, 0.29) is 5.91 Å². The fraction of sp³-hybridized carbons (Fsp3) is 0.706. The van der Waals surface area contributed by atoms with Gasteiger partial charge in [0.25, 0.3) is 0 Å². The fourth-order valence-electron chi connectivity index (χ4n) is 3.41. The van der Waals surface area contributed by atoms with Gasteiger partial charge in [0.05, 0.1) is 12.2 Å². The number of nitrogens with zero attached hydrogens (tertiary/aromatic N) is 5. The topological polar surface area (TPSA) is 77.2 Å². The smallest absolute Gasteiger partial charge is 0.241 e. The first-order valence-corrected chi connectivity index (χ1v) is 9.11. The van der Waals surface area contributed by atoms with Crippen LogP contribution >= 0.6 is 0 Å². The van der Waals surface area contributed by atoms with E-state index in [0.29, 0.717) is 6.54 Å². The minimum Gasteiger partial charge on any atom is -0.364 e. The molecule has 2 aliphatic heterocycles. The molecule has 0 radical (unpaired) electrons. The van der Waals surface area contributed by atoms with Crippen molar-refractivity contribution in [3.05, 3.63) is 18.0 Å². The molecule has 0 spiro atoms. The van der Waals surface area contributed by atoms with Crippen molar-refractivity contribution in [2.45, 2.75) is 25.8 Å². The number of hydrogen-bond donors (Lipinski definition) is 1. The van der Waals surface area contributed by atoms with Gasteiger partial charge in [0.1, 0.15) is 6.26 Å². The minimum atomic E-state index is 0.172. The number of piperidine rings is 1. The lowest BCUT2D eigenvalue weighted by molar-refractivity contribution is -0.130. The van der Waals surface area contributed by atoms with E-state index in [1.54, 1.807) is 13.3 Å². The first-order chi connectivity index (χ1) is 12.3. The van der Waals surface area contributed by atoms with E-state index in [4.69, 9.17) is 4.52 Å². The molecule has 0 atom stereocenters. The largest absolute Gasteiger partial charge is 0.364 e. The molecule has 2 fully saturated rings. The van der Waals surface area contributed by atoms with Crippen molar-refractivity contribution in [1.29, 1.82) is 0 Å². The standard InChI is InChI=1S/C17H28N6O2/c1-18-17(19-13-16(24)22-6-3-2-4-7-22)23-10-8-21(9-11-23)14-15-5-12-25-20-15/h5,12H,2-4,6-11,13-14H2,1H3,(H,18,19). The number of likely N-dealkylation sites (tertiary alicyclic amines) is 1. The monoisotopic (exact) mass is 348 g/mol. The molecular weight excluding hydrogens is 320 g/mol. The summed E-state index contributed by atoms with van der Waals surface area (Å²) in [5, 5.41) is 7.20. The van der Waals surface area contributed by atoms with Gasteiger partial charge in [-0.15, -0.1) is 0 Å². The van der Waals surface area contributed by atoms with Gasteiger partial charge in [-0.1, -0.05) is 5.16 Å². The highest BCUT2D eigenvalue weighted by Crippen LogP contribution is 2.09. The maximum Gasteiger partial charge on any atom is 0.241 e. The molecular formula is C17H28N6O2. The summed E-state index contributed by atoms with van der Waals surface area (Å²) < 4.78 is 4.89. The average molecular weight is 348 g/mol. The van der Waals surface area contributed by atoms with Crippen molar-refractivity contribution in [2.75, 3.05) is 52.9 Å². The van der Waals surface area contributed by atoms with Crippen LogP contribution in [-0.4, -0.2) is 84.6 Å². The van der Waals surface area contributed by atoms with Crippen molar-refractivity contribution < 1.29 is 9.32 Å². The Bertz CT molecular complexity index is 560. The van der Waals surface area contributed by atoms with E-state index >= 15 is 0 Å². The number of aliphatic imine (C=N–C) groups is 1. The minimum absolute atomic E-state index is 0.172. The highest BCUT2D eigenvalue weighted by atomic mass is 16.5. The summed E-state index contributed by atoms with van der Waals surface area (Å²) >= 11 is 0. The first kappa shape index (κ1) is 17.7. The lowest BCUT2D eigenvalue weighted by atomic mass is 10.1. The summed E-state index contributed by atoms with van der Waals surface area (Å²) in [7, 11) is 1.77. The number of amides is 1. The average Bonchev–Trinajstić information content (AvgIpc) is 3.17. The van der Waals surface area contributed by atoms with Crippen LogP contribution < -0.4 is 5.32 Å². The highest BCUT2D eigenvalue weighted by Gasteiger charge is 2.22. The molecule has 2 aliphatic rings. The zero-order valence-corrected chi connectivity index (χ0v) is 15.0. The lowest BCUT2D eigenvalue weighted by Crippen LogP contribution is -2.53. The molecule has 1 N–H and O–H groups in total. The number of carbonyl (C=O) groups excluding carboxylic acids is 1. The summed E-state index contributed by atoms with van der Waals surface area (Å²) in [5.41, 5.74) is 0.961. The molecule has 0 saturated carbocycles. The number of nitrogens with one attached hydrogen (secondary N) is 1. The Balaban J connectivity index is 1.42. The first-order valence-electron chi connectivity index (χ1n) is 9.11. The van der Waals surface area contributed by atoms with Gasteiger partial charge in [0.15, 0.2) is 5.96 Å². The van der Waals surface area contributed by atoms with Gasteiger partial charge in [-0.2, -0.15) is 0 Å². The third kappa shape index (κ3) is 4.94. The Morgan fingerprint density at radius 2 is 1.92 bits per heavy atom. The number of rotatable bonds is 4. The summed E-state index contributed by atoms with van der Waals surface area (Å²) in [4.78, 5) is 23.2. The molecule has 25 heavy (non-hydrogen) atoms. The number of hydrogen-bond acceptors (Lipinski definition) is 5. The van der Waals surface area contributed by atoms with Crippen molar-refractivity contribution in [2.24, 2.45) is 4.99 Å². The van der Waals surface area contributed by atoms with Gasteiger partial charge in [-0.05, 0) is 19.3 Å². The second-order valence-electron chi connectivity index (χ2n) is 6.60. The molecule has 0 unspecified atom stereocenters. The highest BCUT2D eigenvalue weighted by molar-refractivity contribution is 5.86. The molecule has 3 heterocycles. The second-order valence-corrected chi connectivity index (χ2v) is 6.60. The van der Waals surface area contributed by atoms with Crippen LogP contribution in [0.1, 0.15) is 25.0 Å². The van der Waals surface area contributed by atoms with Crippen LogP contribution in [0.25, 0.3) is 0 Å². The van der Waals surface area contributed by atoms with E-state index in [0.717, 1.165) is 70.3 Å². The summed E-state index contributed by atoms with van der Waals surface area (Å²) in [6, 6.07) is 1.90. The van der Waals surface area contributed by atoms with E-state index < -0.39 is 0 Å². The lowest BCUT2D eigenvalue weighted by Gasteiger charge is -2.36. The number of carbonyl (C=O) groups is 1. The van der Waals surface area contributed by atoms with Crippen molar-refractivity contribution in [1.82, 2.24) is 25.2 Å². The SMILES string of the molecule is CN=C(NCC(=O)N1CCCCC1)N1CCN(Cc2ccon2)CC1. The van der Waals surface area contributed by atoms with E-state index in [1.165, 1.54) is 6.42 Å². The summed E-state index contributed by atoms with van der Waals surface area (Å²) in [5.74, 6) is 0.983. The second kappa shape index (κ2) is 8.84. The van der Waals surface area contributed by atoms with E-state index in [1.807, 2.05) is 11.0 Å². The van der Waals surface area contributed by atoms with Crippen LogP contribution in [0.15, 0.2) is 21.8 Å². The third-order valence-electron chi connectivity index (χ3n) is 4.87. The Morgan fingerprint density at radius 1 is 1.16 bits per heavy atom. The molecule has 1 amide bonds. The molecule has 138 valence electrons. The maximum absolute atomic E-state index is 12.3. The predicted octanol–water partition coefficient (Wildman–Crippen LogP) is 0.380. The Labute approximate surface area is 148 Å². The van der Waals surface area contributed by atoms with Crippen molar-refractivity contribution in [3.8, 4) is 0 Å². The maximum atomic E-state index is 12.3. The van der Waals surface area contributed by atoms with Gasteiger partial charge < -0.3 is 19.6 Å². The van der Waals surface area contributed by atoms with Crippen LogP contribution in [0.2, 0.25) is 0 Å². The molecule has 2 saturated heterocycles. The van der Waals surface area contributed by atoms with Crippen LogP contribution in [-0.2, 0) is 11.3 Å². The van der Waals surface area contributed by atoms with Crippen molar-refractivity contribution in [3.63, 3.8) is 0 Å². The van der Waals surface area contributed by atoms with Crippen LogP contribution in [0.4, 0.5) is 0 Å². The number of piperazine rings is 1. The van der Waals surface area contributed by atoms with Crippen molar-refractivity contribution >= 4 is 11.9 Å². The fourth-order valence-corrected chi connectivity index (χ4v) is 3.41. The summed E-state index contributed by atoms with van der Waals surface area (Å²) in [6.45, 7) is 6.56. The van der Waals surface area contributed by atoms with Crippen LogP contribution in [0, 0.1) is 0 Å². The molecule has 1 aromatic rings. The molecule has 0 aromatic carbocycles. The molecule has 8 heteroatoms. The molecule has 8 nitrogen and oxygen atoms in total. The molecule has 0 aliphatic carbocycles. The van der Waals surface area contributed by atoms with Gasteiger partial charge in [0, 0.05) is 58.9 Å². The number of aromatic nitrogens is 1. The van der Waals surface area contributed by atoms with Gasteiger partial charge in [-0.25, -0.2) is 0 Å². The number of guanidine groups is 1. The van der Waals surface area contributed by atoms with Gasteiger partial charge >= 0.3 is 0 Å². The van der Waals surface area contributed by atoms with Crippen LogP contribution in [0.3, 0.4) is 0 Å². The van der Waals surface area contributed by atoms with E-state index in [9.17, 15) is 4.79 Å². The normalized spacial score (nSPS) is 20.0. The zero-order valence-electron chi connectivity index (χ0n) is 15.0. The third-order valence-corrected chi connectivity index (χ3v) is 4.87. The Hall–Kier alpha value is -2.09. The zero-order chi connectivity index (χ0) is 17.5. The molecule has 1 aromatic heterocycles. The quantitative estimate of drug-likeness (QED) is 0.626. The molecule has 0 bridgehead atoms. The van der Waals surface area contributed by atoms with Gasteiger partial charge in [0.2, 0.25) is 5.91 Å². The molecule has 3 rings (SSSR count).